The predicted molar refractivity (Wildman–Crippen MR) is 82.3 cm³/mol. The van der Waals surface area contributed by atoms with E-state index < -0.39 is 16.1 Å². The Morgan fingerprint density at radius 2 is 2.05 bits per heavy atom. The number of hydrogen-bond acceptors (Lipinski definition) is 5. The highest BCUT2D eigenvalue weighted by Gasteiger charge is 2.36. The molecule has 0 saturated heterocycles. The van der Waals surface area contributed by atoms with Crippen molar-refractivity contribution in [1.29, 1.82) is 0 Å². The van der Waals surface area contributed by atoms with Crippen molar-refractivity contribution in [2.24, 2.45) is 5.10 Å². The molecule has 1 aromatic carbocycles. The van der Waals surface area contributed by atoms with Crippen LogP contribution in [0.2, 0.25) is 0 Å². The third kappa shape index (κ3) is 2.59. The van der Waals surface area contributed by atoms with Crippen LogP contribution in [0.3, 0.4) is 0 Å². The van der Waals surface area contributed by atoms with Crippen LogP contribution >= 0.6 is 0 Å². The second kappa shape index (κ2) is 5.49. The van der Waals surface area contributed by atoms with Gasteiger partial charge in [0.25, 0.3) is 0 Å². The molecule has 1 aromatic heterocycles. The predicted octanol–water partition coefficient (Wildman–Crippen LogP) is 2.40. The molecule has 2 heterocycles. The average molecular weight is 320 g/mol. The van der Waals surface area contributed by atoms with Crippen molar-refractivity contribution in [3.63, 3.8) is 0 Å². The lowest BCUT2D eigenvalue weighted by Gasteiger charge is -2.18. The first kappa shape index (κ1) is 14.6. The highest BCUT2D eigenvalue weighted by atomic mass is 32.2. The maximum absolute atomic E-state index is 12.0. The molecule has 1 atom stereocenters. The van der Waals surface area contributed by atoms with E-state index in [1.165, 1.54) is 6.26 Å². The molecule has 0 saturated carbocycles. The molecule has 116 valence electrons. The fourth-order valence-electron chi connectivity index (χ4n) is 2.53. The van der Waals surface area contributed by atoms with Crippen molar-refractivity contribution in [3.8, 4) is 5.75 Å². The Labute approximate surface area is 129 Å². The number of hydrogen-bond donors (Lipinski definition) is 0. The molecule has 0 spiro atoms. The van der Waals surface area contributed by atoms with Gasteiger partial charge in [0.05, 0.1) is 25.3 Å². The normalized spacial score (nSPS) is 18.4. The first-order valence-electron chi connectivity index (χ1n) is 6.74. The number of sulfonamides is 1. The lowest BCUT2D eigenvalue weighted by Crippen LogP contribution is -2.25. The van der Waals surface area contributed by atoms with E-state index in [-0.39, 0.29) is 0 Å². The van der Waals surface area contributed by atoms with Crippen molar-refractivity contribution in [2.45, 2.75) is 12.5 Å². The monoisotopic (exact) mass is 320 g/mol. The minimum atomic E-state index is -3.49. The van der Waals surface area contributed by atoms with Gasteiger partial charge in [-0.1, -0.05) is 12.1 Å². The van der Waals surface area contributed by atoms with Gasteiger partial charge in [0.15, 0.2) is 0 Å². The van der Waals surface area contributed by atoms with Gasteiger partial charge in [-0.15, -0.1) is 0 Å². The number of para-hydroxylation sites is 1. The second-order valence-electron chi connectivity index (χ2n) is 5.02. The minimum Gasteiger partial charge on any atom is -0.496 e. The van der Waals surface area contributed by atoms with E-state index in [1.807, 2.05) is 24.3 Å². The van der Waals surface area contributed by atoms with Crippen LogP contribution in [0.5, 0.6) is 5.75 Å². The number of methoxy groups -OCH3 is 1. The van der Waals surface area contributed by atoms with Crippen LogP contribution in [-0.4, -0.2) is 31.9 Å². The molecule has 0 aliphatic carbocycles. The zero-order valence-electron chi connectivity index (χ0n) is 12.3. The fraction of sp³-hybridized carbons (Fsp3) is 0.267. The van der Waals surface area contributed by atoms with Crippen molar-refractivity contribution in [1.82, 2.24) is 4.41 Å². The van der Waals surface area contributed by atoms with Crippen LogP contribution in [0.15, 0.2) is 52.2 Å². The maximum atomic E-state index is 12.0. The standard InChI is InChI=1S/C15H16N2O4S/c1-20-14-7-4-3-6-11(14)12-10-13(15-8-5-9-21-15)17(16-12)22(2,18)19/h3-9,13H,10H2,1-2H3/t13-/m1/s1. The summed E-state index contributed by atoms with van der Waals surface area (Å²) < 4.78 is 35.8. The summed E-state index contributed by atoms with van der Waals surface area (Å²) in [6.45, 7) is 0. The van der Waals surface area contributed by atoms with Crippen molar-refractivity contribution in [2.75, 3.05) is 13.4 Å². The molecule has 0 bridgehead atoms. The van der Waals surface area contributed by atoms with Crippen molar-refractivity contribution in [3.05, 3.63) is 54.0 Å². The third-order valence-corrected chi connectivity index (χ3v) is 4.52. The van der Waals surface area contributed by atoms with Crippen LogP contribution in [0.25, 0.3) is 0 Å². The second-order valence-corrected chi connectivity index (χ2v) is 6.86. The summed E-state index contributed by atoms with van der Waals surface area (Å²) in [4.78, 5) is 0. The maximum Gasteiger partial charge on any atom is 0.247 e. The summed E-state index contributed by atoms with van der Waals surface area (Å²) >= 11 is 0. The van der Waals surface area contributed by atoms with Gasteiger partial charge in [0.2, 0.25) is 10.0 Å². The van der Waals surface area contributed by atoms with Crippen molar-refractivity contribution < 1.29 is 17.6 Å². The summed E-state index contributed by atoms with van der Waals surface area (Å²) in [5.41, 5.74) is 1.44. The Morgan fingerprint density at radius 3 is 2.68 bits per heavy atom. The van der Waals surface area contributed by atoms with Crippen LogP contribution in [-0.2, 0) is 10.0 Å². The topological polar surface area (TPSA) is 72.1 Å². The zero-order valence-corrected chi connectivity index (χ0v) is 13.1. The molecule has 7 heteroatoms. The highest BCUT2D eigenvalue weighted by Crippen LogP contribution is 2.36. The van der Waals surface area contributed by atoms with Crippen LogP contribution in [0.4, 0.5) is 0 Å². The summed E-state index contributed by atoms with van der Waals surface area (Å²) in [6, 6.07) is 10.4. The molecule has 3 rings (SSSR count). The molecule has 0 amide bonds. The number of ether oxygens (including phenoxy) is 1. The van der Waals surface area contributed by atoms with Crippen molar-refractivity contribution >= 4 is 15.7 Å². The Morgan fingerprint density at radius 1 is 1.27 bits per heavy atom. The summed E-state index contributed by atoms with van der Waals surface area (Å²) in [7, 11) is -1.92. The van der Waals surface area contributed by atoms with Gasteiger partial charge in [-0.25, -0.2) is 8.42 Å². The third-order valence-electron chi connectivity index (χ3n) is 3.50. The molecule has 6 nitrogen and oxygen atoms in total. The zero-order chi connectivity index (χ0) is 15.7. The number of hydrazone groups is 1. The molecular formula is C15H16N2O4S. The molecule has 0 fully saturated rings. The van der Waals surface area contributed by atoms with Gasteiger partial charge in [0.1, 0.15) is 17.6 Å². The van der Waals surface area contributed by atoms with E-state index in [2.05, 4.69) is 5.10 Å². The fourth-order valence-corrected chi connectivity index (χ4v) is 3.42. The first-order valence-corrected chi connectivity index (χ1v) is 8.59. The van der Waals surface area contributed by atoms with Crippen LogP contribution in [0, 0.1) is 0 Å². The van der Waals surface area contributed by atoms with E-state index in [1.54, 1.807) is 19.2 Å². The van der Waals surface area contributed by atoms with E-state index in [0.29, 0.717) is 23.6 Å². The Balaban J connectivity index is 2.04. The quantitative estimate of drug-likeness (QED) is 0.867. The SMILES string of the molecule is COc1ccccc1C1=NN(S(C)(=O)=O)[C@@H](c2ccco2)C1. The molecule has 0 radical (unpaired) electrons. The molecule has 2 aromatic rings. The van der Waals surface area contributed by atoms with Gasteiger partial charge >= 0.3 is 0 Å². The lowest BCUT2D eigenvalue weighted by atomic mass is 10.0. The van der Waals surface area contributed by atoms with Gasteiger partial charge in [-0.2, -0.15) is 9.52 Å². The number of furan rings is 1. The van der Waals surface area contributed by atoms with E-state index in [4.69, 9.17) is 9.15 Å². The molecule has 1 aliphatic heterocycles. The molecule has 22 heavy (non-hydrogen) atoms. The molecule has 1 aliphatic rings. The first-order chi connectivity index (χ1) is 10.5. The molecule has 0 N–H and O–H groups in total. The van der Waals surface area contributed by atoms with Gasteiger partial charge < -0.3 is 9.15 Å². The summed E-state index contributed by atoms with van der Waals surface area (Å²) in [5, 5.41) is 4.30. The summed E-state index contributed by atoms with van der Waals surface area (Å²) in [6.07, 6.45) is 3.09. The summed E-state index contributed by atoms with van der Waals surface area (Å²) in [5.74, 6) is 1.23. The highest BCUT2D eigenvalue weighted by molar-refractivity contribution is 7.88. The van der Waals surface area contributed by atoms with Crippen LogP contribution in [0.1, 0.15) is 23.8 Å². The van der Waals surface area contributed by atoms with Gasteiger partial charge in [-0.3, -0.25) is 0 Å². The van der Waals surface area contributed by atoms with Gasteiger partial charge in [0, 0.05) is 12.0 Å². The van der Waals surface area contributed by atoms with Crippen LogP contribution < -0.4 is 4.74 Å². The smallest absolute Gasteiger partial charge is 0.247 e. The number of nitrogens with zero attached hydrogens (tertiary/aromatic N) is 2. The number of rotatable bonds is 4. The Kier molecular flexibility index (Phi) is 3.66. The Bertz CT molecular complexity index is 797. The van der Waals surface area contributed by atoms with E-state index in [0.717, 1.165) is 16.2 Å². The average Bonchev–Trinajstić information content (AvgIpc) is 3.15. The molecule has 0 unspecified atom stereocenters. The largest absolute Gasteiger partial charge is 0.496 e. The van der Waals surface area contributed by atoms with E-state index in [9.17, 15) is 8.42 Å². The van der Waals surface area contributed by atoms with E-state index >= 15 is 0 Å². The number of benzene rings is 1. The minimum absolute atomic E-state index is 0.432. The van der Waals surface area contributed by atoms with Gasteiger partial charge in [-0.05, 0) is 24.3 Å². The lowest BCUT2D eigenvalue weighted by molar-refractivity contribution is 0.322. The Hall–Kier alpha value is -2.28. The molecular weight excluding hydrogens is 304 g/mol.